The lowest BCUT2D eigenvalue weighted by Gasteiger charge is -2.21. The predicted octanol–water partition coefficient (Wildman–Crippen LogP) is 4.38. The molecule has 2 aromatic carbocycles. The maximum atomic E-state index is 13.2. The molecule has 0 fully saturated rings. The molecule has 26 heavy (non-hydrogen) atoms. The van der Waals surface area contributed by atoms with Crippen LogP contribution in [0.5, 0.6) is 11.5 Å². The fraction of sp³-hybridized carbons (Fsp3) is 0.200. The maximum absolute atomic E-state index is 13.2. The summed E-state index contributed by atoms with van der Waals surface area (Å²) >= 11 is 1.45. The van der Waals surface area contributed by atoms with Gasteiger partial charge in [0.2, 0.25) is 5.91 Å². The average Bonchev–Trinajstić information content (AvgIpc) is 3.09. The van der Waals surface area contributed by atoms with Gasteiger partial charge in [-0.3, -0.25) is 9.69 Å². The van der Waals surface area contributed by atoms with Crippen LogP contribution in [0.2, 0.25) is 0 Å². The fourth-order valence-electron chi connectivity index (χ4n) is 2.62. The smallest absolute Gasteiger partial charge is 0.237 e. The second-order valence-electron chi connectivity index (χ2n) is 5.69. The highest BCUT2D eigenvalue weighted by atomic mass is 32.1. The molecule has 1 aromatic heterocycles. The van der Waals surface area contributed by atoms with Crippen LogP contribution in [0.1, 0.15) is 11.3 Å². The number of carbonyl (C=O) groups is 1. The van der Waals surface area contributed by atoms with Crippen molar-refractivity contribution in [3.8, 4) is 11.5 Å². The highest BCUT2D eigenvalue weighted by Gasteiger charge is 2.22. The molecule has 5 nitrogen and oxygen atoms in total. The molecule has 3 rings (SSSR count). The third kappa shape index (κ3) is 3.86. The van der Waals surface area contributed by atoms with Gasteiger partial charge in [0.15, 0.2) is 5.13 Å². The van der Waals surface area contributed by atoms with E-state index in [1.54, 1.807) is 25.2 Å². The lowest BCUT2D eigenvalue weighted by molar-refractivity contribution is -0.117. The monoisotopic (exact) mass is 368 g/mol. The minimum Gasteiger partial charge on any atom is -0.497 e. The zero-order valence-corrected chi connectivity index (χ0v) is 15.7. The van der Waals surface area contributed by atoms with Crippen molar-refractivity contribution in [2.45, 2.75) is 13.3 Å². The molecule has 6 heteroatoms. The topological polar surface area (TPSA) is 51.7 Å². The van der Waals surface area contributed by atoms with E-state index >= 15 is 0 Å². The number of amides is 1. The molecule has 0 unspecified atom stereocenters. The van der Waals surface area contributed by atoms with Crippen LogP contribution in [-0.4, -0.2) is 25.1 Å². The van der Waals surface area contributed by atoms with E-state index in [1.807, 2.05) is 54.8 Å². The van der Waals surface area contributed by atoms with Crippen LogP contribution in [0.3, 0.4) is 0 Å². The largest absolute Gasteiger partial charge is 0.497 e. The normalized spacial score (nSPS) is 10.4. The lowest BCUT2D eigenvalue weighted by Crippen LogP contribution is -2.27. The molecular formula is C20H20N2O3S. The summed E-state index contributed by atoms with van der Waals surface area (Å²) in [6.07, 6.45) is 0.195. The molecule has 0 aliphatic heterocycles. The highest BCUT2D eigenvalue weighted by Crippen LogP contribution is 2.31. The molecule has 0 atom stereocenters. The third-order valence-electron chi connectivity index (χ3n) is 3.90. The molecule has 0 aliphatic rings. The van der Waals surface area contributed by atoms with Gasteiger partial charge in [0.1, 0.15) is 11.5 Å². The number of ether oxygens (including phenoxy) is 2. The first-order valence-electron chi connectivity index (χ1n) is 8.13. The minimum atomic E-state index is -0.0750. The summed E-state index contributed by atoms with van der Waals surface area (Å²) in [6, 6.07) is 15.0. The zero-order chi connectivity index (χ0) is 18.5. The van der Waals surface area contributed by atoms with E-state index in [1.165, 1.54) is 11.3 Å². The summed E-state index contributed by atoms with van der Waals surface area (Å²) in [6.45, 7) is 1.92. The van der Waals surface area contributed by atoms with Gasteiger partial charge >= 0.3 is 0 Å². The number of anilines is 2. The molecule has 0 N–H and O–H groups in total. The number of carbonyl (C=O) groups excluding carboxylic acids is 1. The number of benzene rings is 2. The molecule has 3 aromatic rings. The third-order valence-corrected chi connectivity index (χ3v) is 4.84. The fourth-order valence-corrected chi connectivity index (χ4v) is 3.46. The van der Waals surface area contributed by atoms with Gasteiger partial charge in [-0.15, -0.1) is 11.3 Å². The molecular weight excluding hydrogens is 348 g/mol. The SMILES string of the molecule is COc1ccc(CC(=O)N(c2ccccc2)c2nc(C)cs2)c(OC)c1. The second-order valence-corrected chi connectivity index (χ2v) is 6.53. The number of nitrogens with zero attached hydrogens (tertiary/aromatic N) is 2. The van der Waals surface area contributed by atoms with E-state index in [-0.39, 0.29) is 12.3 Å². The van der Waals surface area contributed by atoms with Gasteiger partial charge in [-0.1, -0.05) is 24.3 Å². The first-order chi connectivity index (χ1) is 12.6. The van der Waals surface area contributed by atoms with E-state index < -0.39 is 0 Å². The number of hydrogen-bond donors (Lipinski definition) is 0. The molecule has 0 saturated carbocycles. The Hall–Kier alpha value is -2.86. The van der Waals surface area contributed by atoms with Crippen LogP contribution in [-0.2, 0) is 11.2 Å². The van der Waals surface area contributed by atoms with Gasteiger partial charge in [-0.25, -0.2) is 4.98 Å². The van der Waals surface area contributed by atoms with E-state index in [2.05, 4.69) is 4.98 Å². The van der Waals surface area contributed by atoms with Crippen molar-refractivity contribution >= 4 is 28.1 Å². The van der Waals surface area contributed by atoms with E-state index in [0.29, 0.717) is 16.6 Å². The first-order valence-corrected chi connectivity index (χ1v) is 9.01. The van der Waals surface area contributed by atoms with Crippen molar-refractivity contribution in [1.82, 2.24) is 4.98 Å². The van der Waals surface area contributed by atoms with Crippen LogP contribution in [0.25, 0.3) is 0 Å². The van der Waals surface area contributed by atoms with Crippen LogP contribution < -0.4 is 14.4 Å². The second kappa shape index (κ2) is 8.01. The van der Waals surface area contributed by atoms with Gasteiger partial charge < -0.3 is 9.47 Å². The standard InChI is InChI=1S/C20H20N2O3S/c1-14-13-26-20(21-14)22(16-7-5-4-6-8-16)19(23)11-15-9-10-17(24-2)12-18(15)25-3/h4-10,12-13H,11H2,1-3H3. The number of rotatable bonds is 6. The minimum absolute atomic E-state index is 0.0750. The zero-order valence-electron chi connectivity index (χ0n) is 14.9. The van der Waals surface area contributed by atoms with Gasteiger partial charge in [-0.2, -0.15) is 0 Å². The van der Waals surface area contributed by atoms with Gasteiger partial charge in [0.25, 0.3) is 0 Å². The van der Waals surface area contributed by atoms with Crippen LogP contribution in [0.15, 0.2) is 53.9 Å². The van der Waals surface area contributed by atoms with E-state index in [4.69, 9.17) is 9.47 Å². The highest BCUT2D eigenvalue weighted by molar-refractivity contribution is 7.14. The molecule has 0 aliphatic carbocycles. The summed E-state index contributed by atoms with van der Waals surface area (Å²) in [7, 11) is 3.18. The number of hydrogen-bond acceptors (Lipinski definition) is 5. The van der Waals surface area contributed by atoms with Crippen molar-refractivity contribution in [2.75, 3.05) is 19.1 Å². The Morgan fingerprint density at radius 3 is 2.50 bits per heavy atom. The quantitative estimate of drug-likeness (QED) is 0.648. The molecule has 0 saturated heterocycles. The number of aromatic nitrogens is 1. The Labute approximate surface area is 156 Å². The van der Waals surface area contributed by atoms with E-state index in [0.717, 1.165) is 16.9 Å². The molecule has 134 valence electrons. The number of para-hydroxylation sites is 1. The Bertz CT molecular complexity index is 893. The lowest BCUT2D eigenvalue weighted by atomic mass is 10.1. The number of methoxy groups -OCH3 is 2. The molecule has 0 spiro atoms. The molecule has 0 bridgehead atoms. The van der Waals surface area contributed by atoms with Crippen molar-refractivity contribution < 1.29 is 14.3 Å². The van der Waals surface area contributed by atoms with Crippen molar-refractivity contribution in [3.05, 3.63) is 65.2 Å². The number of thiazole rings is 1. The Morgan fingerprint density at radius 2 is 1.88 bits per heavy atom. The van der Waals surface area contributed by atoms with Crippen LogP contribution >= 0.6 is 11.3 Å². The summed E-state index contributed by atoms with van der Waals surface area (Å²) in [4.78, 5) is 19.3. The molecule has 1 amide bonds. The molecule has 1 heterocycles. The summed E-state index contributed by atoms with van der Waals surface area (Å²) in [5, 5.41) is 2.60. The predicted molar refractivity (Wildman–Crippen MR) is 104 cm³/mol. The molecule has 0 radical (unpaired) electrons. The summed E-state index contributed by atoms with van der Waals surface area (Å²) < 4.78 is 10.6. The Morgan fingerprint density at radius 1 is 1.12 bits per heavy atom. The van der Waals surface area contributed by atoms with Crippen LogP contribution in [0, 0.1) is 6.92 Å². The van der Waals surface area contributed by atoms with Crippen molar-refractivity contribution in [2.24, 2.45) is 0 Å². The van der Waals surface area contributed by atoms with Gasteiger partial charge in [0.05, 0.1) is 32.0 Å². The van der Waals surface area contributed by atoms with Crippen LogP contribution in [0.4, 0.5) is 10.8 Å². The summed E-state index contributed by atoms with van der Waals surface area (Å²) in [5.74, 6) is 1.24. The van der Waals surface area contributed by atoms with E-state index in [9.17, 15) is 4.79 Å². The summed E-state index contributed by atoms with van der Waals surface area (Å²) in [5.41, 5.74) is 2.48. The number of aryl methyl sites for hydroxylation is 1. The maximum Gasteiger partial charge on any atom is 0.237 e. The van der Waals surface area contributed by atoms with Gasteiger partial charge in [-0.05, 0) is 25.1 Å². The first kappa shape index (κ1) is 17.9. The van der Waals surface area contributed by atoms with Crippen molar-refractivity contribution in [3.63, 3.8) is 0 Å². The Kier molecular flexibility index (Phi) is 5.53. The Balaban J connectivity index is 1.94. The van der Waals surface area contributed by atoms with Crippen molar-refractivity contribution in [1.29, 1.82) is 0 Å². The average molecular weight is 368 g/mol. The van der Waals surface area contributed by atoms with Gasteiger partial charge in [0, 0.05) is 17.0 Å².